The van der Waals surface area contributed by atoms with Gasteiger partial charge in [-0.15, -0.1) is 0 Å². The van der Waals surface area contributed by atoms with Crippen molar-refractivity contribution in [3.8, 4) is 0 Å². The van der Waals surface area contributed by atoms with Gasteiger partial charge in [-0.05, 0) is 5.56 Å². The van der Waals surface area contributed by atoms with E-state index in [9.17, 15) is 0 Å². The number of rotatable bonds is 1. The molecule has 0 amide bonds. The van der Waals surface area contributed by atoms with Gasteiger partial charge in [-0.1, -0.05) is 42.1 Å². The summed E-state index contributed by atoms with van der Waals surface area (Å²) in [6.45, 7) is 2.08. The Labute approximate surface area is 81.7 Å². The zero-order valence-corrected chi connectivity index (χ0v) is 8.00. The van der Waals surface area contributed by atoms with Crippen LogP contribution in [0.2, 0.25) is 0 Å². The summed E-state index contributed by atoms with van der Waals surface area (Å²) in [6, 6.07) is 10.6. The van der Waals surface area contributed by atoms with E-state index in [4.69, 9.17) is 0 Å². The highest BCUT2D eigenvalue weighted by atomic mass is 32.2. The van der Waals surface area contributed by atoms with Gasteiger partial charge in [-0.3, -0.25) is 4.99 Å². The molecule has 0 spiro atoms. The maximum Gasteiger partial charge on any atom is 0.162 e. The third kappa shape index (κ3) is 1.07. The lowest BCUT2D eigenvalue weighted by Crippen LogP contribution is -2.38. The number of benzene rings is 1. The van der Waals surface area contributed by atoms with Gasteiger partial charge in [0.05, 0.1) is 6.54 Å². The van der Waals surface area contributed by atoms with Crippen molar-refractivity contribution in [1.29, 1.82) is 0 Å². The lowest BCUT2D eigenvalue weighted by Gasteiger charge is -2.39. The van der Waals surface area contributed by atoms with E-state index in [-0.39, 0.29) is 0 Å². The van der Waals surface area contributed by atoms with Crippen molar-refractivity contribution in [2.75, 3.05) is 13.1 Å². The Balaban J connectivity index is 1.86. The maximum absolute atomic E-state index is 4.39. The number of nitrogens with zero attached hydrogens (tertiary/aromatic N) is 2. The lowest BCUT2D eigenvalue weighted by molar-refractivity contribution is 0.429. The molecule has 2 aliphatic rings. The van der Waals surface area contributed by atoms with Gasteiger partial charge in [-0.2, -0.15) is 0 Å². The molecule has 1 fully saturated rings. The summed E-state index contributed by atoms with van der Waals surface area (Å²) in [5.74, 6) is 0. The van der Waals surface area contributed by atoms with Gasteiger partial charge in [0, 0.05) is 6.54 Å². The second-order valence-corrected chi connectivity index (χ2v) is 4.29. The highest BCUT2D eigenvalue weighted by Crippen LogP contribution is 2.46. The topological polar surface area (TPSA) is 15.6 Å². The number of aliphatic imine (C=N–C) groups is 1. The van der Waals surface area contributed by atoms with Crippen LogP contribution in [0.1, 0.15) is 10.9 Å². The molecule has 0 aromatic heterocycles. The van der Waals surface area contributed by atoms with Crippen LogP contribution in [0, 0.1) is 0 Å². The summed E-state index contributed by atoms with van der Waals surface area (Å²) >= 11 is 1.87. The molecule has 1 saturated heterocycles. The van der Waals surface area contributed by atoms with E-state index in [2.05, 4.69) is 40.2 Å². The van der Waals surface area contributed by atoms with Gasteiger partial charge >= 0.3 is 0 Å². The first-order chi connectivity index (χ1) is 6.45. The number of amidine groups is 1. The smallest absolute Gasteiger partial charge is 0.162 e. The van der Waals surface area contributed by atoms with E-state index in [1.165, 1.54) is 10.7 Å². The Morgan fingerprint density at radius 1 is 1.31 bits per heavy atom. The van der Waals surface area contributed by atoms with Crippen LogP contribution in [0.3, 0.4) is 0 Å². The fraction of sp³-hybridized carbons (Fsp3) is 0.300. The molecule has 2 nitrogen and oxygen atoms in total. The molecular formula is C10H10N2S. The van der Waals surface area contributed by atoms with Crippen molar-refractivity contribution in [2.45, 2.75) is 5.37 Å². The highest BCUT2D eigenvalue weighted by Gasteiger charge is 2.38. The molecule has 0 bridgehead atoms. The molecular weight excluding hydrogens is 180 g/mol. The zero-order chi connectivity index (χ0) is 8.67. The van der Waals surface area contributed by atoms with Crippen LogP contribution in [0.5, 0.6) is 0 Å². The molecule has 1 aromatic rings. The predicted octanol–water partition coefficient (Wildman–Crippen LogP) is 2.10. The van der Waals surface area contributed by atoms with E-state index >= 15 is 0 Å². The molecule has 13 heavy (non-hydrogen) atoms. The fourth-order valence-electron chi connectivity index (χ4n) is 1.74. The number of hydrogen-bond acceptors (Lipinski definition) is 3. The van der Waals surface area contributed by atoms with E-state index < -0.39 is 0 Å². The summed E-state index contributed by atoms with van der Waals surface area (Å²) in [6.07, 6.45) is 0. The maximum atomic E-state index is 4.39. The van der Waals surface area contributed by atoms with Crippen molar-refractivity contribution < 1.29 is 0 Å². The normalized spacial score (nSPS) is 25.1. The third-order valence-electron chi connectivity index (χ3n) is 2.42. The first kappa shape index (κ1) is 7.44. The molecule has 0 N–H and O–H groups in total. The molecule has 2 heterocycles. The van der Waals surface area contributed by atoms with Crippen molar-refractivity contribution in [3.05, 3.63) is 35.9 Å². The molecule has 66 valence electrons. The van der Waals surface area contributed by atoms with Gasteiger partial charge in [0.2, 0.25) is 0 Å². The summed E-state index contributed by atoms with van der Waals surface area (Å²) in [7, 11) is 0. The average Bonchev–Trinajstić information content (AvgIpc) is 2.50. The standard InChI is InChI=1S/C10H10N2S/c1-2-4-8(5-3-1)9-12-7-6-11-10(12)13-9/h1-5,9H,6-7H2. The Hall–Kier alpha value is -0.960. The third-order valence-corrected chi connectivity index (χ3v) is 3.74. The van der Waals surface area contributed by atoms with Gasteiger partial charge in [-0.25, -0.2) is 0 Å². The van der Waals surface area contributed by atoms with Gasteiger partial charge in [0.25, 0.3) is 0 Å². The van der Waals surface area contributed by atoms with Crippen LogP contribution >= 0.6 is 11.8 Å². The highest BCUT2D eigenvalue weighted by molar-refractivity contribution is 8.15. The fourth-order valence-corrected chi connectivity index (χ4v) is 2.90. The minimum atomic E-state index is 0.530. The van der Waals surface area contributed by atoms with Crippen molar-refractivity contribution >= 4 is 16.9 Å². The van der Waals surface area contributed by atoms with Gasteiger partial charge < -0.3 is 4.90 Å². The molecule has 0 saturated carbocycles. The van der Waals surface area contributed by atoms with Crippen molar-refractivity contribution in [2.24, 2.45) is 4.99 Å². The average molecular weight is 190 g/mol. The number of thioether (sulfide) groups is 1. The van der Waals surface area contributed by atoms with E-state index in [1.807, 2.05) is 11.8 Å². The Kier molecular flexibility index (Phi) is 1.59. The number of hydrogen-bond donors (Lipinski definition) is 0. The van der Waals surface area contributed by atoms with Crippen LogP contribution in [-0.4, -0.2) is 23.2 Å². The largest absolute Gasteiger partial charge is 0.333 e. The first-order valence-electron chi connectivity index (χ1n) is 4.48. The van der Waals surface area contributed by atoms with Crippen LogP contribution in [0.25, 0.3) is 0 Å². The Morgan fingerprint density at radius 2 is 2.15 bits per heavy atom. The van der Waals surface area contributed by atoms with Crippen molar-refractivity contribution in [3.63, 3.8) is 0 Å². The van der Waals surface area contributed by atoms with E-state index in [1.54, 1.807) is 0 Å². The minimum absolute atomic E-state index is 0.530. The minimum Gasteiger partial charge on any atom is -0.333 e. The van der Waals surface area contributed by atoms with Gasteiger partial charge in [0.15, 0.2) is 5.17 Å². The summed E-state index contributed by atoms with van der Waals surface area (Å²) in [5, 5.41) is 1.76. The van der Waals surface area contributed by atoms with Crippen LogP contribution in [-0.2, 0) is 0 Å². The molecule has 1 unspecified atom stereocenters. The van der Waals surface area contributed by atoms with E-state index in [0.29, 0.717) is 5.37 Å². The van der Waals surface area contributed by atoms with E-state index in [0.717, 1.165) is 13.1 Å². The molecule has 1 aromatic carbocycles. The number of fused-ring (bicyclic) bond motifs is 1. The second kappa shape index (κ2) is 2.77. The first-order valence-corrected chi connectivity index (χ1v) is 5.36. The molecule has 3 heteroatoms. The summed E-state index contributed by atoms with van der Waals surface area (Å²) in [5.41, 5.74) is 1.40. The Bertz CT molecular complexity index is 347. The van der Waals surface area contributed by atoms with Crippen LogP contribution in [0.15, 0.2) is 35.3 Å². The molecule has 1 atom stereocenters. The molecule has 2 aliphatic heterocycles. The molecule has 3 rings (SSSR count). The quantitative estimate of drug-likeness (QED) is 0.674. The predicted molar refractivity (Wildman–Crippen MR) is 55.8 cm³/mol. The molecule has 0 radical (unpaired) electrons. The Morgan fingerprint density at radius 3 is 2.92 bits per heavy atom. The second-order valence-electron chi connectivity index (χ2n) is 3.24. The van der Waals surface area contributed by atoms with Gasteiger partial charge in [0.1, 0.15) is 5.37 Å². The van der Waals surface area contributed by atoms with Crippen molar-refractivity contribution in [1.82, 2.24) is 4.90 Å². The lowest BCUT2D eigenvalue weighted by atomic mass is 10.2. The summed E-state index contributed by atoms with van der Waals surface area (Å²) < 4.78 is 0. The SMILES string of the molecule is c1ccc(C2SC3=NCCN32)cc1. The summed E-state index contributed by atoms with van der Waals surface area (Å²) in [4.78, 5) is 6.76. The molecule has 0 aliphatic carbocycles. The monoisotopic (exact) mass is 190 g/mol. The van der Waals surface area contributed by atoms with Crippen LogP contribution < -0.4 is 0 Å². The van der Waals surface area contributed by atoms with Crippen LogP contribution in [0.4, 0.5) is 0 Å². The zero-order valence-electron chi connectivity index (χ0n) is 7.18.